The highest BCUT2D eigenvalue weighted by Crippen LogP contribution is 2.33. The van der Waals surface area contributed by atoms with Crippen molar-refractivity contribution in [1.29, 1.82) is 0 Å². The average Bonchev–Trinajstić information content (AvgIpc) is 1.95. The molecule has 0 radical (unpaired) electrons. The second-order valence-electron chi connectivity index (χ2n) is 2.69. The molecule has 0 saturated heterocycles. The molecular weight excluding hydrogens is 219 g/mol. The summed E-state index contributed by atoms with van der Waals surface area (Å²) in [6, 6.07) is 2.55. The monoisotopic (exact) mass is 225 g/mol. The van der Waals surface area contributed by atoms with E-state index in [0.29, 0.717) is 0 Å². The van der Waals surface area contributed by atoms with Crippen LogP contribution in [0.25, 0.3) is 0 Å². The zero-order valence-electron chi connectivity index (χ0n) is 7.15. The third-order valence-corrected chi connectivity index (χ3v) is 1.70. The third kappa shape index (κ3) is 2.70. The fourth-order valence-electron chi connectivity index (χ4n) is 1.01. The second kappa shape index (κ2) is 3.57. The first-order valence-electron chi connectivity index (χ1n) is 3.61. The van der Waals surface area contributed by atoms with E-state index in [1.54, 1.807) is 0 Å². The topological polar surface area (TPSA) is 35.2 Å². The molecule has 6 heteroatoms. The van der Waals surface area contributed by atoms with E-state index in [0.717, 1.165) is 0 Å². The Morgan fingerprint density at radius 1 is 1.36 bits per heavy atom. The van der Waals surface area contributed by atoms with Crippen molar-refractivity contribution in [3.8, 4) is 5.75 Å². The maximum absolute atomic E-state index is 11.9. The number of aryl methyl sites for hydroxylation is 1. The quantitative estimate of drug-likeness (QED) is 0.746. The summed E-state index contributed by atoms with van der Waals surface area (Å²) in [5.74, 6) is -0.401. The van der Waals surface area contributed by atoms with Gasteiger partial charge in [0.15, 0.2) is 5.75 Å². The number of nitrogen functional groups attached to an aromatic ring is 1. The van der Waals surface area contributed by atoms with Crippen LogP contribution in [0.1, 0.15) is 5.56 Å². The number of rotatable bonds is 1. The SMILES string of the molecule is Cc1cc(Cl)cc(N)c1OC(F)(F)F. The summed E-state index contributed by atoms with van der Waals surface area (Å²) < 4.78 is 39.4. The van der Waals surface area contributed by atoms with Crippen molar-refractivity contribution >= 4 is 17.3 Å². The van der Waals surface area contributed by atoms with Gasteiger partial charge in [0, 0.05) is 5.02 Å². The van der Waals surface area contributed by atoms with Crippen molar-refractivity contribution in [3.63, 3.8) is 0 Å². The van der Waals surface area contributed by atoms with Gasteiger partial charge in [-0.2, -0.15) is 0 Å². The molecule has 0 bridgehead atoms. The van der Waals surface area contributed by atoms with Crippen LogP contribution in [-0.2, 0) is 0 Å². The highest BCUT2D eigenvalue weighted by molar-refractivity contribution is 6.31. The molecule has 0 aliphatic carbocycles. The van der Waals surface area contributed by atoms with Crippen LogP contribution >= 0.6 is 11.6 Å². The van der Waals surface area contributed by atoms with Gasteiger partial charge >= 0.3 is 6.36 Å². The van der Waals surface area contributed by atoms with E-state index in [9.17, 15) is 13.2 Å². The van der Waals surface area contributed by atoms with E-state index in [4.69, 9.17) is 17.3 Å². The largest absolute Gasteiger partial charge is 0.573 e. The fraction of sp³-hybridized carbons (Fsp3) is 0.250. The molecule has 0 atom stereocenters. The maximum Gasteiger partial charge on any atom is 0.573 e. The Bertz CT molecular complexity index is 328. The van der Waals surface area contributed by atoms with Crippen molar-refractivity contribution in [2.75, 3.05) is 5.73 Å². The minimum Gasteiger partial charge on any atom is -0.403 e. The molecule has 0 spiro atoms. The van der Waals surface area contributed by atoms with Crippen LogP contribution in [0.3, 0.4) is 0 Å². The Kier molecular flexibility index (Phi) is 2.80. The lowest BCUT2D eigenvalue weighted by Gasteiger charge is -2.13. The summed E-state index contributed by atoms with van der Waals surface area (Å²) in [5.41, 5.74) is 5.43. The van der Waals surface area contributed by atoms with Crippen LogP contribution in [0, 0.1) is 6.92 Å². The maximum atomic E-state index is 11.9. The molecule has 1 aromatic rings. The first-order chi connectivity index (χ1) is 6.29. The minimum absolute atomic E-state index is 0.132. The Balaban J connectivity index is 3.09. The van der Waals surface area contributed by atoms with E-state index in [2.05, 4.69) is 4.74 Å². The zero-order chi connectivity index (χ0) is 10.9. The van der Waals surface area contributed by atoms with Crippen molar-refractivity contribution in [2.24, 2.45) is 0 Å². The van der Waals surface area contributed by atoms with Crippen molar-refractivity contribution in [3.05, 3.63) is 22.7 Å². The smallest absolute Gasteiger partial charge is 0.403 e. The summed E-state index contributed by atoms with van der Waals surface area (Å²) >= 11 is 5.58. The molecule has 0 amide bonds. The summed E-state index contributed by atoms with van der Waals surface area (Å²) in [5, 5.41) is 0.273. The molecule has 1 aromatic carbocycles. The fourth-order valence-corrected chi connectivity index (χ4v) is 1.29. The van der Waals surface area contributed by atoms with Gasteiger partial charge < -0.3 is 10.5 Å². The highest BCUT2D eigenvalue weighted by Gasteiger charge is 2.32. The van der Waals surface area contributed by atoms with E-state index in [1.165, 1.54) is 19.1 Å². The van der Waals surface area contributed by atoms with Gasteiger partial charge in [0.25, 0.3) is 0 Å². The van der Waals surface area contributed by atoms with Crippen molar-refractivity contribution in [2.45, 2.75) is 13.3 Å². The molecule has 0 aliphatic rings. The van der Waals surface area contributed by atoms with Crippen LogP contribution in [0.2, 0.25) is 5.02 Å². The van der Waals surface area contributed by atoms with Crippen LogP contribution in [-0.4, -0.2) is 6.36 Å². The lowest BCUT2D eigenvalue weighted by molar-refractivity contribution is -0.274. The summed E-state index contributed by atoms with van der Waals surface area (Å²) in [6.07, 6.45) is -4.74. The summed E-state index contributed by atoms with van der Waals surface area (Å²) in [4.78, 5) is 0. The molecule has 2 N–H and O–H groups in total. The van der Waals surface area contributed by atoms with Crippen LogP contribution in [0.15, 0.2) is 12.1 Å². The normalized spacial score (nSPS) is 11.5. The predicted molar refractivity (Wildman–Crippen MR) is 47.3 cm³/mol. The predicted octanol–water partition coefficient (Wildman–Crippen LogP) is 3.13. The molecule has 0 aliphatic heterocycles. The third-order valence-electron chi connectivity index (χ3n) is 1.49. The minimum atomic E-state index is -4.74. The number of benzene rings is 1. The van der Waals surface area contributed by atoms with Gasteiger partial charge in [-0.05, 0) is 24.6 Å². The van der Waals surface area contributed by atoms with E-state index < -0.39 is 12.1 Å². The number of anilines is 1. The van der Waals surface area contributed by atoms with Gasteiger partial charge in [-0.25, -0.2) is 0 Å². The van der Waals surface area contributed by atoms with Gasteiger partial charge in [-0.1, -0.05) is 11.6 Å². The van der Waals surface area contributed by atoms with Gasteiger partial charge in [-0.15, -0.1) is 13.2 Å². The molecule has 0 heterocycles. The summed E-state index contributed by atoms with van der Waals surface area (Å²) in [6.45, 7) is 1.43. The average molecular weight is 226 g/mol. The Morgan fingerprint density at radius 2 is 1.93 bits per heavy atom. The molecule has 0 unspecified atom stereocenters. The van der Waals surface area contributed by atoms with Gasteiger partial charge in [0.1, 0.15) is 0 Å². The highest BCUT2D eigenvalue weighted by atomic mass is 35.5. The van der Waals surface area contributed by atoms with Gasteiger partial charge in [-0.3, -0.25) is 0 Å². The number of alkyl halides is 3. The molecular formula is C8H7ClF3NO. The Morgan fingerprint density at radius 3 is 2.36 bits per heavy atom. The van der Waals surface area contributed by atoms with Gasteiger partial charge in [0.2, 0.25) is 0 Å². The van der Waals surface area contributed by atoms with E-state index in [1.807, 2.05) is 0 Å². The van der Waals surface area contributed by atoms with Crippen molar-refractivity contribution < 1.29 is 17.9 Å². The number of nitrogens with two attached hydrogens (primary N) is 1. The van der Waals surface area contributed by atoms with Crippen molar-refractivity contribution in [1.82, 2.24) is 0 Å². The zero-order valence-corrected chi connectivity index (χ0v) is 7.91. The first kappa shape index (κ1) is 11.0. The number of halogens is 4. The number of ether oxygens (including phenoxy) is 1. The molecule has 0 saturated carbocycles. The Hall–Kier alpha value is -1.10. The molecule has 2 nitrogen and oxygen atoms in total. The molecule has 0 fully saturated rings. The van der Waals surface area contributed by atoms with E-state index >= 15 is 0 Å². The van der Waals surface area contributed by atoms with Crippen LogP contribution < -0.4 is 10.5 Å². The first-order valence-corrected chi connectivity index (χ1v) is 3.99. The lowest BCUT2D eigenvalue weighted by atomic mass is 10.2. The molecule has 78 valence electrons. The molecule has 0 aromatic heterocycles. The summed E-state index contributed by atoms with van der Waals surface area (Å²) in [7, 11) is 0. The second-order valence-corrected chi connectivity index (χ2v) is 3.13. The van der Waals surface area contributed by atoms with Gasteiger partial charge in [0.05, 0.1) is 5.69 Å². The lowest BCUT2D eigenvalue weighted by Crippen LogP contribution is -2.18. The van der Waals surface area contributed by atoms with E-state index in [-0.39, 0.29) is 16.3 Å². The Labute approximate surface area is 83.4 Å². The standard InChI is InChI=1S/C8H7ClF3NO/c1-4-2-5(9)3-6(13)7(4)14-8(10,11)12/h2-3H,13H2,1H3. The molecule has 1 rings (SSSR count). The number of hydrogen-bond donors (Lipinski definition) is 1. The molecule has 14 heavy (non-hydrogen) atoms. The number of hydrogen-bond acceptors (Lipinski definition) is 2. The van der Waals surface area contributed by atoms with Crippen LogP contribution in [0.5, 0.6) is 5.75 Å². The van der Waals surface area contributed by atoms with Crippen LogP contribution in [0.4, 0.5) is 18.9 Å².